The quantitative estimate of drug-likeness (QED) is 0.579. The van der Waals surface area contributed by atoms with Crippen molar-refractivity contribution in [3.05, 3.63) is 40.8 Å². The summed E-state index contributed by atoms with van der Waals surface area (Å²) in [6.45, 7) is 8.60. The number of rotatable bonds is 3. The van der Waals surface area contributed by atoms with E-state index in [0.29, 0.717) is 36.7 Å². The smallest absolute Gasteiger partial charge is 0.258 e. The van der Waals surface area contributed by atoms with Crippen molar-refractivity contribution < 1.29 is 28.4 Å². The average molecular weight is 530 g/mol. The molecule has 2 bridgehead atoms. The zero-order valence-electron chi connectivity index (χ0n) is 23.0. The molecule has 38 heavy (non-hydrogen) atoms. The van der Waals surface area contributed by atoms with Crippen molar-refractivity contribution in [3.63, 3.8) is 0 Å². The van der Waals surface area contributed by atoms with Gasteiger partial charge in [-0.1, -0.05) is 5.16 Å². The summed E-state index contributed by atoms with van der Waals surface area (Å²) in [7, 11) is 3.21. The van der Waals surface area contributed by atoms with Crippen LogP contribution in [0.2, 0.25) is 0 Å². The van der Waals surface area contributed by atoms with Crippen LogP contribution in [-0.2, 0) is 16.1 Å². The van der Waals surface area contributed by atoms with Gasteiger partial charge in [0.1, 0.15) is 11.8 Å². The highest BCUT2D eigenvalue weighted by molar-refractivity contribution is 5.95. The second-order valence-electron chi connectivity index (χ2n) is 9.60. The molecule has 1 aromatic heterocycles. The average Bonchev–Trinajstić information content (AvgIpc) is 3.22. The molecule has 0 saturated heterocycles. The minimum Gasteiger partial charge on any atom is -0.493 e. The lowest BCUT2D eigenvalue weighted by molar-refractivity contribution is -0.135. The van der Waals surface area contributed by atoms with E-state index in [1.165, 1.54) is 7.11 Å². The summed E-state index contributed by atoms with van der Waals surface area (Å²) in [5, 5.41) is 9.72. The van der Waals surface area contributed by atoms with Crippen molar-refractivity contribution in [1.82, 2.24) is 25.6 Å². The summed E-state index contributed by atoms with van der Waals surface area (Å²) < 4.78 is 16.3. The predicted molar refractivity (Wildman–Crippen MR) is 141 cm³/mol. The number of nitrogens with zero attached hydrogens (tertiary/aromatic N) is 3. The molecule has 2 aliphatic heterocycles. The first-order chi connectivity index (χ1) is 18.2. The maximum atomic E-state index is 12.8. The molecule has 11 nitrogen and oxygen atoms in total. The summed E-state index contributed by atoms with van der Waals surface area (Å²) in [5.41, 5.74) is 2.38. The summed E-state index contributed by atoms with van der Waals surface area (Å²) in [4.78, 5) is 41.9. The lowest BCUT2D eigenvalue weighted by atomic mass is 10.1. The molecular weight excluding hydrogens is 490 g/mol. The van der Waals surface area contributed by atoms with Gasteiger partial charge in [0.05, 0.1) is 12.8 Å². The molecule has 2 N–H and O–H groups in total. The molecule has 0 saturated carbocycles. The first-order valence-electron chi connectivity index (χ1n) is 13.0. The number of benzene rings is 1. The number of aryl methyl sites for hydroxylation is 2. The first kappa shape index (κ1) is 29.0. The Morgan fingerprint density at radius 2 is 1.84 bits per heavy atom. The Hall–Kier alpha value is -3.60. The van der Waals surface area contributed by atoms with Gasteiger partial charge >= 0.3 is 0 Å². The molecule has 2 aliphatic rings. The Bertz CT molecular complexity index is 1100. The van der Waals surface area contributed by atoms with Gasteiger partial charge < -0.3 is 29.5 Å². The minimum absolute atomic E-state index is 0.164. The molecule has 0 radical (unpaired) electrons. The molecule has 4 rings (SSSR count). The molecule has 1 atom stereocenters. The largest absolute Gasteiger partial charge is 0.493 e. The molecular formula is C27H39N5O6. The zero-order chi connectivity index (χ0) is 27.7. The minimum atomic E-state index is -0.686. The number of hydrogen-bond donors (Lipinski definition) is 2. The number of methoxy groups -OCH3 is 1. The highest BCUT2D eigenvalue weighted by atomic mass is 16.5. The maximum absolute atomic E-state index is 12.8. The van der Waals surface area contributed by atoms with Gasteiger partial charge in [-0.3, -0.25) is 19.3 Å². The molecule has 0 fully saturated rings. The summed E-state index contributed by atoms with van der Waals surface area (Å²) in [5.74, 6) is 0.668. The third-order valence-electron chi connectivity index (χ3n) is 6.63. The van der Waals surface area contributed by atoms with E-state index in [0.717, 1.165) is 49.4 Å². The lowest BCUT2D eigenvalue weighted by Crippen LogP contribution is -2.47. The Morgan fingerprint density at radius 3 is 2.55 bits per heavy atom. The number of carbonyl (C=O) groups is 3. The number of ether oxygens (including phenoxy) is 2. The number of carbonyl (C=O) groups excluding carboxylic acids is 3. The van der Waals surface area contributed by atoms with Crippen LogP contribution in [0.4, 0.5) is 0 Å². The van der Waals surface area contributed by atoms with Crippen LogP contribution >= 0.6 is 0 Å². The van der Waals surface area contributed by atoms with E-state index < -0.39 is 11.9 Å². The van der Waals surface area contributed by atoms with Gasteiger partial charge in [-0.05, 0) is 64.8 Å². The van der Waals surface area contributed by atoms with Gasteiger partial charge in [-0.2, -0.15) is 0 Å². The van der Waals surface area contributed by atoms with Crippen LogP contribution in [-0.4, -0.2) is 85.7 Å². The Kier molecular flexibility index (Phi) is 10.5. The van der Waals surface area contributed by atoms with Crippen molar-refractivity contribution in [1.29, 1.82) is 0 Å². The Balaban J connectivity index is 1.74. The van der Waals surface area contributed by atoms with Crippen molar-refractivity contribution >= 4 is 17.7 Å². The Labute approximate surface area is 223 Å². The van der Waals surface area contributed by atoms with Crippen LogP contribution in [0.3, 0.4) is 0 Å². The summed E-state index contributed by atoms with van der Waals surface area (Å²) in [6, 6.07) is 4.11. The topological polar surface area (TPSA) is 126 Å². The van der Waals surface area contributed by atoms with E-state index in [1.54, 1.807) is 37.1 Å². The number of fused-ring (bicyclic) bond motifs is 18. The van der Waals surface area contributed by atoms with Crippen LogP contribution in [0.15, 0.2) is 22.7 Å². The van der Waals surface area contributed by atoms with E-state index >= 15 is 0 Å². The highest BCUT2D eigenvalue weighted by Crippen LogP contribution is 2.28. The third kappa shape index (κ3) is 7.95. The van der Waals surface area contributed by atoms with E-state index in [-0.39, 0.29) is 18.4 Å². The third-order valence-corrected chi connectivity index (χ3v) is 6.63. The van der Waals surface area contributed by atoms with Crippen LogP contribution < -0.4 is 20.1 Å². The summed E-state index contributed by atoms with van der Waals surface area (Å²) >= 11 is 0. The summed E-state index contributed by atoms with van der Waals surface area (Å²) in [6.07, 6.45) is 2.46. The molecule has 3 amide bonds. The van der Waals surface area contributed by atoms with Crippen LogP contribution in [0.25, 0.3) is 0 Å². The number of likely N-dealkylation sites (N-methyl/N-ethyl adjacent to an activating group) is 1. The van der Waals surface area contributed by atoms with Crippen molar-refractivity contribution in [3.8, 4) is 11.5 Å². The molecule has 0 spiro atoms. The van der Waals surface area contributed by atoms with Crippen LogP contribution in [0.5, 0.6) is 11.5 Å². The van der Waals surface area contributed by atoms with Gasteiger partial charge in [0.2, 0.25) is 5.91 Å². The lowest BCUT2D eigenvalue weighted by Gasteiger charge is -2.24. The molecule has 11 heteroatoms. The number of hydrogen-bond acceptors (Lipinski definition) is 8. The SMILES string of the molecule is COc1cc2ccc1OCC(=O)N[C@@H](C)C(=O)N(C)CCCCN(Cc1c(C)noc1C)CCCNC2=O. The first-order valence-corrected chi connectivity index (χ1v) is 13.0. The molecule has 0 unspecified atom stereocenters. The van der Waals surface area contributed by atoms with Crippen molar-refractivity contribution in [2.45, 2.75) is 52.6 Å². The van der Waals surface area contributed by atoms with Gasteiger partial charge in [0.15, 0.2) is 18.1 Å². The van der Waals surface area contributed by atoms with Crippen LogP contribution in [0.1, 0.15) is 53.6 Å². The fourth-order valence-electron chi connectivity index (χ4n) is 4.37. The number of amides is 3. The van der Waals surface area contributed by atoms with Crippen molar-refractivity contribution in [2.75, 3.05) is 46.9 Å². The van der Waals surface area contributed by atoms with Crippen LogP contribution in [0, 0.1) is 13.8 Å². The zero-order valence-corrected chi connectivity index (χ0v) is 23.0. The van der Waals surface area contributed by atoms with Gasteiger partial charge in [-0.25, -0.2) is 0 Å². The van der Waals surface area contributed by atoms with E-state index in [2.05, 4.69) is 20.7 Å². The molecule has 2 aromatic rings. The van der Waals surface area contributed by atoms with E-state index in [4.69, 9.17) is 14.0 Å². The van der Waals surface area contributed by atoms with E-state index in [9.17, 15) is 14.4 Å². The van der Waals surface area contributed by atoms with Gasteiger partial charge in [-0.15, -0.1) is 0 Å². The van der Waals surface area contributed by atoms with Gasteiger partial charge in [0.25, 0.3) is 11.8 Å². The second-order valence-corrected chi connectivity index (χ2v) is 9.60. The number of aromatic nitrogens is 1. The number of nitrogens with one attached hydrogen (secondary N) is 2. The fourth-order valence-corrected chi connectivity index (χ4v) is 4.37. The predicted octanol–water partition coefficient (Wildman–Crippen LogP) is 2.06. The second kappa shape index (κ2) is 13.8. The van der Waals surface area contributed by atoms with Gasteiger partial charge in [0, 0.05) is 44.4 Å². The monoisotopic (exact) mass is 529 g/mol. The highest BCUT2D eigenvalue weighted by Gasteiger charge is 2.21. The Morgan fingerprint density at radius 1 is 1.11 bits per heavy atom. The normalized spacial score (nSPS) is 19.3. The molecule has 3 heterocycles. The van der Waals surface area contributed by atoms with E-state index in [1.807, 2.05) is 13.8 Å². The fraction of sp³-hybridized carbons (Fsp3) is 0.556. The van der Waals surface area contributed by atoms with Crippen molar-refractivity contribution in [2.24, 2.45) is 0 Å². The molecule has 1 aromatic carbocycles. The molecule has 0 aliphatic carbocycles. The maximum Gasteiger partial charge on any atom is 0.258 e. The standard InChI is InChI=1S/C27H39N5O6/c1-18-22(20(3)38-30-18)16-32-13-7-6-12-31(4)27(35)19(2)29-25(33)17-37-23-10-9-21(15-24(23)36-5)26(34)28-11-8-14-32/h9-10,15,19H,6-8,11-14,16-17H2,1-5H3,(H,28,34)(H,29,33)/t19-/m0/s1. The molecule has 208 valence electrons.